The molecular formula is C62H38N4. The molecule has 0 fully saturated rings. The highest BCUT2D eigenvalue weighted by atomic mass is 15.0. The molecule has 0 atom stereocenters. The van der Waals surface area contributed by atoms with Crippen molar-refractivity contribution in [1.82, 2.24) is 15.0 Å². The van der Waals surface area contributed by atoms with Gasteiger partial charge in [-0.1, -0.05) is 218 Å². The van der Waals surface area contributed by atoms with Crippen molar-refractivity contribution < 1.29 is 0 Å². The van der Waals surface area contributed by atoms with Crippen LogP contribution in [0.15, 0.2) is 231 Å². The Kier molecular flexibility index (Phi) is 9.51. The largest absolute Gasteiger partial charge is 0.208 e. The minimum absolute atomic E-state index is 0.601. The first-order valence-corrected chi connectivity index (χ1v) is 22.1. The predicted molar refractivity (Wildman–Crippen MR) is 270 cm³/mol. The number of aromatic nitrogens is 3. The lowest BCUT2D eigenvalue weighted by Crippen LogP contribution is -2.00. The Hall–Kier alpha value is -9.04. The molecule has 1 aliphatic carbocycles. The Morgan fingerprint density at radius 1 is 0.273 bits per heavy atom. The molecule has 0 saturated carbocycles. The van der Waals surface area contributed by atoms with E-state index in [0.717, 1.165) is 66.8 Å². The van der Waals surface area contributed by atoms with Crippen molar-refractivity contribution in [3.8, 4) is 118 Å². The van der Waals surface area contributed by atoms with Crippen molar-refractivity contribution in [2.45, 2.75) is 0 Å². The summed E-state index contributed by atoms with van der Waals surface area (Å²) in [6.45, 7) is 0. The molecule has 0 radical (unpaired) electrons. The minimum atomic E-state index is 0.601. The summed E-state index contributed by atoms with van der Waals surface area (Å²) in [5, 5.41) is 13.1. The fourth-order valence-corrected chi connectivity index (χ4v) is 9.57. The quantitative estimate of drug-likeness (QED) is 0.153. The van der Waals surface area contributed by atoms with E-state index in [2.05, 4.69) is 188 Å². The molecule has 0 spiro atoms. The topological polar surface area (TPSA) is 62.5 Å². The number of hydrogen-bond acceptors (Lipinski definition) is 4. The lowest BCUT2D eigenvalue weighted by atomic mass is 9.88. The van der Waals surface area contributed by atoms with E-state index >= 15 is 0 Å². The van der Waals surface area contributed by atoms with Crippen LogP contribution in [0.5, 0.6) is 0 Å². The fraction of sp³-hybridized carbons (Fsp3) is 0. The van der Waals surface area contributed by atoms with E-state index in [4.69, 9.17) is 15.0 Å². The Bertz CT molecular complexity index is 3660. The maximum atomic E-state index is 10.5. The first-order chi connectivity index (χ1) is 32.7. The molecule has 11 aromatic rings. The molecule has 0 unspecified atom stereocenters. The van der Waals surface area contributed by atoms with Crippen LogP contribution >= 0.6 is 0 Å². The van der Waals surface area contributed by atoms with Gasteiger partial charge < -0.3 is 0 Å². The van der Waals surface area contributed by atoms with Crippen LogP contribution < -0.4 is 0 Å². The zero-order chi connectivity index (χ0) is 44.0. The summed E-state index contributed by atoms with van der Waals surface area (Å²) in [7, 11) is 0. The second-order valence-electron chi connectivity index (χ2n) is 16.6. The van der Waals surface area contributed by atoms with E-state index in [1.807, 2.05) is 48.5 Å². The Balaban J connectivity index is 0.866. The lowest BCUT2D eigenvalue weighted by molar-refractivity contribution is 1.07. The third-order valence-corrected chi connectivity index (χ3v) is 12.8. The van der Waals surface area contributed by atoms with Crippen molar-refractivity contribution >= 4 is 10.8 Å². The third-order valence-electron chi connectivity index (χ3n) is 12.8. The molecule has 4 nitrogen and oxygen atoms in total. The molecule has 0 saturated heterocycles. The van der Waals surface area contributed by atoms with Gasteiger partial charge in [-0.25, -0.2) is 15.0 Å². The minimum Gasteiger partial charge on any atom is -0.208 e. The average Bonchev–Trinajstić information content (AvgIpc) is 3.74. The molecule has 10 aromatic carbocycles. The highest BCUT2D eigenvalue weighted by Crippen LogP contribution is 2.51. The van der Waals surface area contributed by atoms with E-state index in [0.29, 0.717) is 23.0 Å². The van der Waals surface area contributed by atoms with Crippen LogP contribution in [0.3, 0.4) is 0 Å². The van der Waals surface area contributed by atoms with Crippen LogP contribution in [0.2, 0.25) is 0 Å². The molecule has 0 N–H and O–H groups in total. The predicted octanol–water partition coefficient (Wildman–Crippen LogP) is 15.9. The first-order valence-electron chi connectivity index (χ1n) is 22.1. The van der Waals surface area contributed by atoms with Crippen molar-refractivity contribution in [3.05, 3.63) is 236 Å². The molecule has 4 heteroatoms. The normalized spacial score (nSPS) is 11.3. The van der Waals surface area contributed by atoms with Crippen LogP contribution in [-0.2, 0) is 0 Å². The molecule has 66 heavy (non-hydrogen) atoms. The van der Waals surface area contributed by atoms with Gasteiger partial charge in [0.05, 0.1) is 11.6 Å². The van der Waals surface area contributed by atoms with Crippen molar-refractivity contribution in [1.29, 1.82) is 5.26 Å². The van der Waals surface area contributed by atoms with Gasteiger partial charge in [-0.2, -0.15) is 5.26 Å². The monoisotopic (exact) mass is 838 g/mol. The van der Waals surface area contributed by atoms with Crippen molar-refractivity contribution in [2.24, 2.45) is 0 Å². The van der Waals surface area contributed by atoms with Gasteiger partial charge in [-0.3, -0.25) is 0 Å². The van der Waals surface area contributed by atoms with Gasteiger partial charge >= 0.3 is 0 Å². The summed E-state index contributed by atoms with van der Waals surface area (Å²) in [5.41, 5.74) is 19.2. The van der Waals surface area contributed by atoms with Crippen LogP contribution in [0.25, 0.3) is 123 Å². The highest BCUT2D eigenvalue weighted by molar-refractivity contribution is 6.18. The molecule has 0 amide bonds. The van der Waals surface area contributed by atoms with E-state index < -0.39 is 0 Å². The molecule has 1 heterocycles. The first kappa shape index (κ1) is 38.6. The van der Waals surface area contributed by atoms with Crippen LogP contribution in [-0.4, -0.2) is 15.0 Å². The second-order valence-corrected chi connectivity index (χ2v) is 16.6. The van der Waals surface area contributed by atoms with Crippen molar-refractivity contribution in [3.63, 3.8) is 0 Å². The van der Waals surface area contributed by atoms with Crippen LogP contribution in [0.1, 0.15) is 5.56 Å². The van der Waals surface area contributed by atoms with E-state index in [1.165, 1.54) is 38.6 Å². The van der Waals surface area contributed by atoms with Crippen LogP contribution in [0.4, 0.5) is 0 Å². The van der Waals surface area contributed by atoms with Gasteiger partial charge in [0, 0.05) is 22.3 Å². The lowest BCUT2D eigenvalue weighted by Gasteiger charge is -2.15. The van der Waals surface area contributed by atoms with Gasteiger partial charge in [-0.15, -0.1) is 0 Å². The second kappa shape index (κ2) is 16.3. The number of fused-ring (bicyclic) bond motifs is 3. The van der Waals surface area contributed by atoms with Crippen LogP contribution in [0, 0.1) is 11.3 Å². The van der Waals surface area contributed by atoms with Gasteiger partial charge in [-0.05, 0) is 95.2 Å². The summed E-state index contributed by atoms with van der Waals surface area (Å²) < 4.78 is 0. The summed E-state index contributed by atoms with van der Waals surface area (Å²) in [6, 6.07) is 82.8. The van der Waals surface area contributed by atoms with Gasteiger partial charge in [0.25, 0.3) is 0 Å². The zero-order valence-corrected chi connectivity index (χ0v) is 35.7. The third kappa shape index (κ3) is 6.84. The summed E-state index contributed by atoms with van der Waals surface area (Å²) in [4.78, 5) is 14.9. The van der Waals surface area contributed by atoms with Gasteiger partial charge in [0.2, 0.25) is 0 Å². The number of rotatable bonds is 8. The average molecular weight is 839 g/mol. The van der Waals surface area contributed by atoms with E-state index in [1.54, 1.807) is 0 Å². The molecule has 1 aromatic heterocycles. The molecule has 306 valence electrons. The number of hydrogen-bond donors (Lipinski definition) is 0. The molecule has 0 aliphatic heterocycles. The molecule has 0 bridgehead atoms. The van der Waals surface area contributed by atoms with E-state index in [-0.39, 0.29) is 0 Å². The summed E-state index contributed by atoms with van der Waals surface area (Å²) >= 11 is 0. The summed E-state index contributed by atoms with van der Waals surface area (Å²) in [6.07, 6.45) is 0. The molecular weight excluding hydrogens is 801 g/mol. The fourth-order valence-electron chi connectivity index (χ4n) is 9.57. The zero-order valence-electron chi connectivity index (χ0n) is 35.7. The molecule has 1 aliphatic rings. The molecule has 12 rings (SSSR count). The van der Waals surface area contributed by atoms with Gasteiger partial charge in [0.1, 0.15) is 0 Å². The Labute approximate surface area is 383 Å². The number of nitriles is 1. The maximum absolute atomic E-state index is 10.5. The number of benzene rings is 10. The standard InChI is InChI=1S/C62H38N4/c63-39-51-20-10-21-52(43-30-32-44(33-31-43)53-22-11-24-55-54-23-8-16-45-17-9-25-56(58(45)54)59(53)55)57(51)50-19-7-18-49(38-50)42-28-36-48(37-29-42)62-65-60(46-14-5-2-6-15-46)64-61(66-62)47-34-26-41(27-35-47)40-12-3-1-4-13-40/h1-38H. The van der Waals surface area contributed by atoms with Crippen molar-refractivity contribution in [2.75, 3.05) is 0 Å². The smallest absolute Gasteiger partial charge is 0.164 e. The number of nitrogens with zero attached hydrogens (tertiary/aromatic N) is 4. The Morgan fingerprint density at radius 3 is 1.27 bits per heavy atom. The summed E-state index contributed by atoms with van der Waals surface area (Å²) in [5.74, 6) is 1.83. The van der Waals surface area contributed by atoms with E-state index in [9.17, 15) is 5.26 Å². The maximum Gasteiger partial charge on any atom is 0.164 e. The van der Waals surface area contributed by atoms with Gasteiger partial charge in [0.15, 0.2) is 17.5 Å². The Morgan fingerprint density at radius 2 is 0.667 bits per heavy atom. The SMILES string of the molecule is N#Cc1cccc(-c2ccc(-c3cccc4c3-c3cccc5cccc-4c35)cc2)c1-c1cccc(-c2ccc(-c3nc(-c4ccccc4)nc(-c4ccc(-c5ccccc5)cc4)n3)cc2)c1. The highest BCUT2D eigenvalue weighted by Gasteiger charge is 2.24.